The van der Waals surface area contributed by atoms with Crippen molar-refractivity contribution in [1.29, 1.82) is 0 Å². The summed E-state index contributed by atoms with van der Waals surface area (Å²) in [6, 6.07) is 11.7. The van der Waals surface area contributed by atoms with Crippen molar-refractivity contribution in [2.75, 3.05) is 5.32 Å². The molecule has 2 aromatic rings. The van der Waals surface area contributed by atoms with Crippen LogP contribution in [0.15, 0.2) is 47.6 Å². The van der Waals surface area contributed by atoms with Crippen molar-refractivity contribution in [2.45, 2.75) is 6.92 Å². The zero-order chi connectivity index (χ0) is 16.8. The van der Waals surface area contributed by atoms with E-state index in [1.54, 1.807) is 0 Å². The molecular formula is C16H15N3O3S. The van der Waals surface area contributed by atoms with E-state index in [9.17, 15) is 9.90 Å². The van der Waals surface area contributed by atoms with Crippen LogP contribution in [0.5, 0.6) is 5.75 Å². The first-order valence-electron chi connectivity index (χ1n) is 6.69. The Hall–Kier alpha value is -2.93. The highest BCUT2D eigenvalue weighted by molar-refractivity contribution is 7.80. The maximum atomic E-state index is 10.8. The van der Waals surface area contributed by atoms with Crippen LogP contribution in [0, 0.1) is 6.92 Å². The number of thiocarbonyl (C=S) groups is 1. The number of hydrazone groups is 1. The fraction of sp³-hybridized carbons (Fsp3) is 0.0625. The Morgan fingerprint density at radius 3 is 2.52 bits per heavy atom. The highest BCUT2D eigenvalue weighted by atomic mass is 32.1. The van der Waals surface area contributed by atoms with E-state index < -0.39 is 5.97 Å². The van der Waals surface area contributed by atoms with Crippen molar-refractivity contribution in [3.8, 4) is 5.75 Å². The van der Waals surface area contributed by atoms with Crippen molar-refractivity contribution >= 4 is 35.2 Å². The lowest BCUT2D eigenvalue weighted by Crippen LogP contribution is -2.23. The molecule has 0 amide bonds. The molecule has 0 atom stereocenters. The van der Waals surface area contributed by atoms with Gasteiger partial charge in [0.2, 0.25) is 0 Å². The van der Waals surface area contributed by atoms with E-state index in [2.05, 4.69) is 15.8 Å². The number of carboxylic acids is 1. The number of carbonyl (C=O) groups is 1. The third-order valence-electron chi connectivity index (χ3n) is 2.96. The SMILES string of the molecule is Cc1ccc(NC(=S)NN=Cc2ccc(C(=O)O)cc2O)cc1. The summed E-state index contributed by atoms with van der Waals surface area (Å²) in [4.78, 5) is 10.8. The normalized spacial score (nSPS) is 10.5. The second-order valence-electron chi connectivity index (χ2n) is 4.77. The number of hydrogen-bond donors (Lipinski definition) is 4. The smallest absolute Gasteiger partial charge is 0.335 e. The van der Waals surface area contributed by atoms with Crippen LogP contribution < -0.4 is 10.7 Å². The molecule has 0 spiro atoms. The third-order valence-corrected chi connectivity index (χ3v) is 3.15. The minimum Gasteiger partial charge on any atom is -0.507 e. The van der Waals surface area contributed by atoms with E-state index in [-0.39, 0.29) is 11.3 Å². The number of phenols is 1. The van der Waals surface area contributed by atoms with Gasteiger partial charge in [0, 0.05) is 11.3 Å². The molecule has 0 bridgehead atoms. The predicted molar refractivity (Wildman–Crippen MR) is 93.2 cm³/mol. The highest BCUT2D eigenvalue weighted by Crippen LogP contribution is 2.17. The number of aryl methyl sites for hydroxylation is 1. The monoisotopic (exact) mass is 329 g/mol. The Morgan fingerprint density at radius 2 is 1.91 bits per heavy atom. The standard InChI is InChI=1S/C16H15N3O3S/c1-10-2-6-13(7-3-10)18-16(23)19-17-9-12-5-4-11(15(21)22)8-14(12)20/h2-9,20H,1H3,(H,21,22)(H2,18,19,23). The first kappa shape index (κ1) is 16.4. The fourth-order valence-corrected chi connectivity index (χ4v) is 1.91. The Labute approximate surface area is 138 Å². The van der Waals surface area contributed by atoms with E-state index in [0.717, 1.165) is 17.3 Å². The van der Waals surface area contributed by atoms with Gasteiger partial charge in [0.1, 0.15) is 5.75 Å². The first-order chi connectivity index (χ1) is 11.0. The minimum atomic E-state index is -1.11. The second-order valence-corrected chi connectivity index (χ2v) is 5.18. The van der Waals surface area contributed by atoms with Gasteiger partial charge >= 0.3 is 5.97 Å². The van der Waals surface area contributed by atoms with Gasteiger partial charge < -0.3 is 15.5 Å². The molecule has 0 saturated heterocycles. The molecule has 0 radical (unpaired) electrons. The van der Waals surface area contributed by atoms with Crippen LogP contribution in [-0.4, -0.2) is 27.5 Å². The zero-order valence-electron chi connectivity index (χ0n) is 12.3. The summed E-state index contributed by atoms with van der Waals surface area (Å²) >= 11 is 5.10. The van der Waals surface area contributed by atoms with Crippen LogP contribution in [0.3, 0.4) is 0 Å². The lowest BCUT2D eigenvalue weighted by Gasteiger charge is -2.07. The Balaban J connectivity index is 1.94. The van der Waals surface area contributed by atoms with Gasteiger partial charge in [-0.25, -0.2) is 4.79 Å². The summed E-state index contributed by atoms with van der Waals surface area (Å²) in [5.74, 6) is -1.28. The van der Waals surface area contributed by atoms with E-state index in [0.29, 0.717) is 10.7 Å². The minimum absolute atomic E-state index is 0.00386. The van der Waals surface area contributed by atoms with Gasteiger partial charge in [-0.15, -0.1) is 0 Å². The predicted octanol–water partition coefficient (Wildman–Crippen LogP) is 2.72. The van der Waals surface area contributed by atoms with Crippen LogP contribution in [0.4, 0.5) is 5.69 Å². The summed E-state index contributed by atoms with van der Waals surface area (Å²) in [6.07, 6.45) is 1.35. The van der Waals surface area contributed by atoms with Crippen molar-refractivity contribution in [1.82, 2.24) is 5.43 Å². The molecule has 0 saturated carbocycles. The molecule has 4 N–H and O–H groups in total. The molecule has 2 aromatic carbocycles. The first-order valence-corrected chi connectivity index (χ1v) is 7.09. The van der Waals surface area contributed by atoms with Crippen molar-refractivity contribution < 1.29 is 15.0 Å². The van der Waals surface area contributed by atoms with Gasteiger partial charge in [-0.3, -0.25) is 5.43 Å². The molecule has 7 heteroatoms. The van der Waals surface area contributed by atoms with Crippen LogP contribution in [0.1, 0.15) is 21.5 Å². The number of carboxylic acid groups (broad SMARTS) is 1. The average molecular weight is 329 g/mol. The average Bonchev–Trinajstić information content (AvgIpc) is 2.51. The van der Waals surface area contributed by atoms with E-state index in [1.807, 2.05) is 31.2 Å². The molecule has 23 heavy (non-hydrogen) atoms. The van der Waals surface area contributed by atoms with Crippen molar-refractivity contribution in [3.63, 3.8) is 0 Å². The number of aromatic carboxylic acids is 1. The van der Waals surface area contributed by atoms with Crippen LogP contribution in [-0.2, 0) is 0 Å². The van der Waals surface area contributed by atoms with Gasteiger partial charge in [0.25, 0.3) is 0 Å². The number of phenolic OH excluding ortho intramolecular Hbond substituents is 1. The van der Waals surface area contributed by atoms with Gasteiger partial charge in [-0.05, 0) is 49.5 Å². The van der Waals surface area contributed by atoms with Crippen molar-refractivity contribution in [2.24, 2.45) is 5.10 Å². The number of rotatable bonds is 4. The fourth-order valence-electron chi connectivity index (χ4n) is 1.74. The molecule has 0 heterocycles. The number of aromatic hydroxyl groups is 1. The Morgan fingerprint density at radius 1 is 1.22 bits per heavy atom. The summed E-state index contributed by atoms with van der Waals surface area (Å²) in [5.41, 5.74) is 4.98. The Bertz CT molecular complexity index is 758. The third kappa shape index (κ3) is 4.79. The van der Waals surface area contributed by atoms with E-state index in [1.165, 1.54) is 18.3 Å². The van der Waals surface area contributed by atoms with Gasteiger partial charge in [-0.2, -0.15) is 5.10 Å². The number of nitrogens with one attached hydrogen (secondary N) is 2. The van der Waals surface area contributed by atoms with Crippen LogP contribution in [0.2, 0.25) is 0 Å². The maximum absolute atomic E-state index is 10.8. The molecule has 0 aromatic heterocycles. The van der Waals surface area contributed by atoms with Crippen molar-refractivity contribution in [3.05, 3.63) is 59.2 Å². The molecule has 0 unspecified atom stereocenters. The van der Waals surface area contributed by atoms with Crippen LogP contribution in [0.25, 0.3) is 0 Å². The topological polar surface area (TPSA) is 94.0 Å². The zero-order valence-corrected chi connectivity index (χ0v) is 13.1. The summed E-state index contributed by atoms with van der Waals surface area (Å²) in [7, 11) is 0. The second kappa shape index (κ2) is 7.37. The summed E-state index contributed by atoms with van der Waals surface area (Å²) in [5, 5.41) is 25.7. The largest absolute Gasteiger partial charge is 0.507 e. The quantitative estimate of drug-likeness (QED) is 0.391. The molecule has 0 aliphatic heterocycles. The van der Waals surface area contributed by atoms with E-state index >= 15 is 0 Å². The summed E-state index contributed by atoms with van der Waals surface area (Å²) < 4.78 is 0. The number of nitrogens with zero attached hydrogens (tertiary/aromatic N) is 1. The van der Waals surface area contributed by atoms with Gasteiger partial charge in [-0.1, -0.05) is 17.7 Å². The highest BCUT2D eigenvalue weighted by Gasteiger charge is 2.06. The van der Waals surface area contributed by atoms with Gasteiger partial charge in [0.15, 0.2) is 5.11 Å². The number of anilines is 1. The number of hydrogen-bond acceptors (Lipinski definition) is 4. The van der Waals surface area contributed by atoms with Crippen LogP contribution >= 0.6 is 12.2 Å². The molecule has 0 aliphatic carbocycles. The van der Waals surface area contributed by atoms with Gasteiger partial charge in [0.05, 0.1) is 11.8 Å². The maximum Gasteiger partial charge on any atom is 0.335 e. The molecule has 6 nitrogen and oxygen atoms in total. The lowest BCUT2D eigenvalue weighted by atomic mass is 10.1. The molecule has 0 aliphatic rings. The number of benzene rings is 2. The van der Waals surface area contributed by atoms with E-state index in [4.69, 9.17) is 17.3 Å². The summed E-state index contributed by atoms with van der Waals surface area (Å²) in [6.45, 7) is 1.99. The lowest BCUT2D eigenvalue weighted by molar-refractivity contribution is 0.0696. The molecular weight excluding hydrogens is 314 g/mol. The Kier molecular flexibility index (Phi) is 5.27. The molecule has 0 fully saturated rings. The molecule has 2 rings (SSSR count). The molecule has 118 valence electrons.